The molecule has 5 rings (SSSR count). The molecule has 6 nitrogen and oxygen atoms in total. The third-order valence-corrected chi connectivity index (χ3v) is 6.37. The fourth-order valence-corrected chi connectivity index (χ4v) is 4.60. The third kappa shape index (κ3) is 4.06. The van der Waals surface area contributed by atoms with Crippen molar-refractivity contribution in [2.24, 2.45) is 0 Å². The molecule has 34 heavy (non-hydrogen) atoms. The second-order valence-corrected chi connectivity index (χ2v) is 8.49. The smallest absolute Gasteiger partial charge is 0.335 e. The van der Waals surface area contributed by atoms with Crippen LogP contribution in [0.1, 0.15) is 46.4 Å². The number of nitrogens with zero attached hydrogens (tertiary/aromatic N) is 2. The molecule has 2 N–H and O–H groups in total. The monoisotopic (exact) mass is 469 g/mol. The molecule has 0 radical (unpaired) electrons. The lowest BCUT2D eigenvalue weighted by Gasteiger charge is -2.26. The molecule has 0 amide bonds. The standard InChI is InChI=1S/C27H23N3O3S/c1-2-17-6-12-20(13-7-17)30-25(24(29-27(30)34)21-5-3-4-16-28-21)23-15-14-22(33-23)18-8-10-19(11-9-18)26(31)32/h3-16,24-25H,2H2,1H3,(H,29,34)(H,31,32). The molecule has 1 aliphatic heterocycles. The minimum atomic E-state index is -0.958. The molecule has 170 valence electrons. The van der Waals surface area contributed by atoms with Crippen LogP contribution in [0.2, 0.25) is 0 Å². The van der Waals surface area contributed by atoms with Gasteiger partial charge in [0.05, 0.1) is 17.3 Å². The maximum Gasteiger partial charge on any atom is 0.335 e. The Kier molecular flexibility index (Phi) is 5.86. The minimum absolute atomic E-state index is 0.201. The Balaban J connectivity index is 1.55. The highest BCUT2D eigenvalue weighted by Crippen LogP contribution is 2.42. The van der Waals surface area contributed by atoms with E-state index in [2.05, 4.69) is 46.4 Å². The molecule has 2 aromatic carbocycles. The number of thiocarbonyl (C=S) groups is 1. The first kappa shape index (κ1) is 21.9. The number of carbonyl (C=O) groups is 1. The second-order valence-electron chi connectivity index (χ2n) is 8.10. The Hall–Kier alpha value is -3.97. The van der Waals surface area contributed by atoms with Crippen LogP contribution in [-0.4, -0.2) is 21.2 Å². The Bertz CT molecular complexity index is 1320. The Labute approximate surface area is 202 Å². The maximum atomic E-state index is 11.2. The van der Waals surface area contributed by atoms with Gasteiger partial charge in [0.15, 0.2) is 5.11 Å². The minimum Gasteiger partial charge on any atom is -0.478 e. The van der Waals surface area contributed by atoms with E-state index in [4.69, 9.17) is 16.6 Å². The molecule has 0 saturated carbocycles. The highest BCUT2D eigenvalue weighted by atomic mass is 32.1. The van der Waals surface area contributed by atoms with Crippen LogP contribution in [0.3, 0.4) is 0 Å². The summed E-state index contributed by atoms with van der Waals surface area (Å²) >= 11 is 5.77. The second kappa shape index (κ2) is 9.11. The van der Waals surface area contributed by atoms with E-state index in [0.717, 1.165) is 29.1 Å². The molecule has 2 atom stereocenters. The van der Waals surface area contributed by atoms with Gasteiger partial charge in [-0.15, -0.1) is 0 Å². The average Bonchev–Trinajstić information content (AvgIpc) is 3.49. The van der Waals surface area contributed by atoms with E-state index in [9.17, 15) is 9.90 Å². The summed E-state index contributed by atoms with van der Waals surface area (Å²) in [6.07, 6.45) is 2.73. The number of hydrogen-bond donors (Lipinski definition) is 2. The zero-order chi connectivity index (χ0) is 23.7. The van der Waals surface area contributed by atoms with Gasteiger partial charge in [-0.1, -0.05) is 37.3 Å². The fraction of sp³-hybridized carbons (Fsp3) is 0.148. The third-order valence-electron chi connectivity index (χ3n) is 6.06. The van der Waals surface area contributed by atoms with Gasteiger partial charge in [0.1, 0.15) is 17.6 Å². The largest absolute Gasteiger partial charge is 0.478 e. The number of aryl methyl sites for hydroxylation is 1. The average molecular weight is 470 g/mol. The lowest BCUT2D eigenvalue weighted by molar-refractivity contribution is 0.0697. The van der Waals surface area contributed by atoms with Crippen LogP contribution in [-0.2, 0) is 6.42 Å². The van der Waals surface area contributed by atoms with E-state index in [1.807, 2.05) is 30.3 Å². The SMILES string of the molecule is CCc1ccc(N2C(=S)NC(c3ccccn3)C2c2ccc(-c3ccc(C(=O)O)cc3)o2)cc1. The van der Waals surface area contributed by atoms with Crippen LogP contribution in [0.4, 0.5) is 5.69 Å². The zero-order valence-electron chi connectivity index (χ0n) is 18.5. The van der Waals surface area contributed by atoms with Crippen LogP contribution in [0, 0.1) is 0 Å². The number of hydrogen-bond acceptors (Lipinski definition) is 4. The summed E-state index contributed by atoms with van der Waals surface area (Å²) in [6.45, 7) is 2.13. The summed E-state index contributed by atoms with van der Waals surface area (Å²) in [7, 11) is 0. The molecule has 1 fully saturated rings. The van der Waals surface area contributed by atoms with E-state index in [1.54, 1.807) is 30.5 Å². The lowest BCUT2D eigenvalue weighted by Crippen LogP contribution is -2.29. The fourth-order valence-electron chi connectivity index (χ4n) is 4.26. The van der Waals surface area contributed by atoms with Gasteiger partial charge in [-0.25, -0.2) is 4.79 Å². The molecular weight excluding hydrogens is 446 g/mol. The summed E-state index contributed by atoms with van der Waals surface area (Å²) < 4.78 is 6.33. The molecule has 4 aromatic rings. The maximum absolute atomic E-state index is 11.2. The van der Waals surface area contributed by atoms with Crippen molar-refractivity contribution < 1.29 is 14.3 Å². The first-order chi connectivity index (χ1) is 16.5. The molecule has 3 heterocycles. The van der Waals surface area contributed by atoms with Gasteiger partial charge in [0.2, 0.25) is 0 Å². The van der Waals surface area contributed by atoms with Crippen molar-refractivity contribution in [2.45, 2.75) is 25.4 Å². The van der Waals surface area contributed by atoms with Crippen molar-refractivity contribution in [3.63, 3.8) is 0 Å². The predicted molar refractivity (Wildman–Crippen MR) is 135 cm³/mol. The quantitative estimate of drug-likeness (QED) is 0.347. The molecule has 0 spiro atoms. The number of aromatic nitrogens is 1. The number of benzene rings is 2. The Morgan fingerprint density at radius 1 is 1.06 bits per heavy atom. The normalized spacial score (nSPS) is 17.6. The first-order valence-electron chi connectivity index (χ1n) is 11.1. The lowest BCUT2D eigenvalue weighted by atomic mass is 10.0. The van der Waals surface area contributed by atoms with Gasteiger partial charge in [0, 0.05) is 17.4 Å². The molecule has 2 unspecified atom stereocenters. The number of carboxylic acid groups (broad SMARTS) is 1. The van der Waals surface area contributed by atoms with Crippen molar-refractivity contribution >= 4 is 29.0 Å². The van der Waals surface area contributed by atoms with Gasteiger partial charge < -0.3 is 19.7 Å². The van der Waals surface area contributed by atoms with Crippen molar-refractivity contribution in [1.29, 1.82) is 0 Å². The van der Waals surface area contributed by atoms with Crippen molar-refractivity contribution in [2.75, 3.05) is 4.90 Å². The molecule has 0 bridgehead atoms. The van der Waals surface area contributed by atoms with Crippen LogP contribution < -0.4 is 10.2 Å². The highest BCUT2D eigenvalue weighted by molar-refractivity contribution is 7.80. The van der Waals surface area contributed by atoms with Gasteiger partial charge >= 0.3 is 5.97 Å². The summed E-state index contributed by atoms with van der Waals surface area (Å²) in [6, 6.07) is 24.3. The number of anilines is 1. The Morgan fingerprint density at radius 3 is 2.47 bits per heavy atom. The highest BCUT2D eigenvalue weighted by Gasteiger charge is 2.42. The van der Waals surface area contributed by atoms with Gasteiger partial charge in [-0.3, -0.25) is 4.98 Å². The molecule has 1 aliphatic rings. The summed E-state index contributed by atoms with van der Waals surface area (Å²) in [5, 5.41) is 13.2. The first-order valence-corrected chi connectivity index (χ1v) is 11.5. The number of pyridine rings is 1. The van der Waals surface area contributed by atoms with Crippen LogP contribution in [0.15, 0.2) is 89.5 Å². The molecule has 2 aromatic heterocycles. The van der Waals surface area contributed by atoms with Gasteiger partial charge in [-0.2, -0.15) is 0 Å². The number of furan rings is 1. The van der Waals surface area contributed by atoms with E-state index >= 15 is 0 Å². The van der Waals surface area contributed by atoms with Crippen molar-refractivity contribution in [3.05, 3.63) is 108 Å². The number of carboxylic acids is 1. The van der Waals surface area contributed by atoms with Crippen LogP contribution in [0.25, 0.3) is 11.3 Å². The van der Waals surface area contributed by atoms with E-state index in [1.165, 1.54) is 5.56 Å². The number of rotatable bonds is 6. The zero-order valence-corrected chi connectivity index (χ0v) is 19.3. The summed E-state index contributed by atoms with van der Waals surface area (Å²) in [5.74, 6) is 0.436. The predicted octanol–water partition coefficient (Wildman–Crippen LogP) is 5.78. The topological polar surface area (TPSA) is 78.6 Å². The number of aromatic carboxylic acids is 1. The van der Waals surface area contributed by atoms with Crippen LogP contribution >= 0.6 is 12.2 Å². The molecule has 7 heteroatoms. The van der Waals surface area contributed by atoms with Crippen LogP contribution in [0.5, 0.6) is 0 Å². The van der Waals surface area contributed by atoms with E-state index in [0.29, 0.717) is 10.9 Å². The summed E-state index contributed by atoms with van der Waals surface area (Å²) in [5.41, 5.74) is 4.13. The number of nitrogens with one attached hydrogen (secondary N) is 1. The van der Waals surface area contributed by atoms with Crippen molar-refractivity contribution in [3.8, 4) is 11.3 Å². The molecular formula is C27H23N3O3S. The Morgan fingerprint density at radius 2 is 1.82 bits per heavy atom. The summed E-state index contributed by atoms with van der Waals surface area (Å²) in [4.78, 5) is 17.8. The van der Waals surface area contributed by atoms with Gasteiger partial charge in [0.25, 0.3) is 0 Å². The molecule has 0 aliphatic carbocycles. The van der Waals surface area contributed by atoms with Crippen molar-refractivity contribution in [1.82, 2.24) is 10.3 Å². The molecule has 1 saturated heterocycles. The van der Waals surface area contributed by atoms with E-state index in [-0.39, 0.29) is 17.6 Å². The van der Waals surface area contributed by atoms with E-state index < -0.39 is 5.97 Å². The van der Waals surface area contributed by atoms with Gasteiger partial charge in [-0.05, 0) is 72.7 Å².